The van der Waals surface area contributed by atoms with E-state index >= 15 is 0 Å². The smallest absolute Gasteiger partial charge is 0.189 e. The zero-order valence-electron chi connectivity index (χ0n) is 11.0. The van der Waals surface area contributed by atoms with Gasteiger partial charge in [0, 0.05) is 18.5 Å². The van der Waals surface area contributed by atoms with Crippen molar-refractivity contribution in [2.24, 2.45) is 5.41 Å². The predicted molar refractivity (Wildman–Crippen MR) is 72.1 cm³/mol. The van der Waals surface area contributed by atoms with Gasteiger partial charge in [0.25, 0.3) is 0 Å². The van der Waals surface area contributed by atoms with Gasteiger partial charge in [-0.05, 0) is 26.3 Å². The Morgan fingerprint density at radius 2 is 2.39 bits per heavy atom. The number of ketones is 1. The van der Waals surface area contributed by atoms with Crippen LogP contribution < -0.4 is 5.32 Å². The van der Waals surface area contributed by atoms with Crippen LogP contribution in [0.3, 0.4) is 0 Å². The molecule has 0 amide bonds. The third-order valence-electron chi connectivity index (χ3n) is 3.76. The van der Waals surface area contributed by atoms with E-state index in [0.29, 0.717) is 17.3 Å². The summed E-state index contributed by atoms with van der Waals surface area (Å²) in [7, 11) is 0. The maximum atomic E-state index is 12.8. The molecule has 1 aromatic rings. The molecule has 0 spiro atoms. The average molecular weight is 270 g/mol. The molecule has 1 aromatic heterocycles. The molecule has 0 radical (unpaired) electrons. The highest BCUT2D eigenvalue weighted by atomic mass is 35.5. The van der Waals surface area contributed by atoms with Gasteiger partial charge in [0.05, 0.1) is 11.2 Å². The molecule has 1 atom stereocenters. The van der Waals surface area contributed by atoms with E-state index in [4.69, 9.17) is 11.6 Å². The number of carbonyl (C=O) groups is 1. The second-order valence-corrected chi connectivity index (χ2v) is 5.35. The first-order valence-electron chi connectivity index (χ1n) is 6.61. The highest BCUT2D eigenvalue weighted by Gasteiger charge is 2.42. The van der Waals surface area contributed by atoms with Crippen molar-refractivity contribution in [2.75, 3.05) is 13.1 Å². The van der Waals surface area contributed by atoms with Crippen molar-refractivity contribution < 1.29 is 4.79 Å². The number of carbonyl (C=O) groups excluding carboxylic acids is 1. The molecule has 2 heterocycles. The molecule has 1 N–H and O–H groups in total. The van der Waals surface area contributed by atoms with Crippen molar-refractivity contribution in [2.45, 2.75) is 39.7 Å². The second kappa shape index (κ2) is 5.41. The Morgan fingerprint density at radius 3 is 2.94 bits per heavy atom. The minimum absolute atomic E-state index is 0.152. The van der Waals surface area contributed by atoms with E-state index in [1.54, 1.807) is 10.9 Å². The van der Waals surface area contributed by atoms with Gasteiger partial charge in [0.15, 0.2) is 5.78 Å². The molecule has 1 fully saturated rings. The Morgan fingerprint density at radius 1 is 1.61 bits per heavy atom. The van der Waals surface area contributed by atoms with Crippen LogP contribution in [-0.4, -0.2) is 28.7 Å². The molecule has 1 aliphatic heterocycles. The van der Waals surface area contributed by atoms with E-state index in [0.717, 1.165) is 32.4 Å². The van der Waals surface area contributed by atoms with Crippen LogP contribution in [0.2, 0.25) is 5.02 Å². The third-order valence-corrected chi connectivity index (χ3v) is 4.04. The lowest BCUT2D eigenvalue weighted by Crippen LogP contribution is -2.35. The Balaban J connectivity index is 2.36. The number of nitrogens with one attached hydrogen (secondary N) is 1. The van der Waals surface area contributed by atoms with Crippen LogP contribution in [0.5, 0.6) is 0 Å². The summed E-state index contributed by atoms with van der Waals surface area (Å²) in [5, 5.41) is 7.94. The Kier molecular flexibility index (Phi) is 4.07. The zero-order chi connectivity index (χ0) is 13.2. The molecule has 0 saturated carbocycles. The van der Waals surface area contributed by atoms with Crippen molar-refractivity contribution in [3.8, 4) is 0 Å². The lowest BCUT2D eigenvalue weighted by molar-refractivity contribution is 0.0790. The maximum absolute atomic E-state index is 12.8. The van der Waals surface area contributed by atoms with Crippen LogP contribution in [0.1, 0.15) is 43.6 Å². The number of nitrogens with zero attached hydrogens (tertiary/aromatic N) is 2. The van der Waals surface area contributed by atoms with Crippen LogP contribution in [0, 0.1) is 5.41 Å². The van der Waals surface area contributed by atoms with E-state index in [9.17, 15) is 4.79 Å². The van der Waals surface area contributed by atoms with Gasteiger partial charge < -0.3 is 5.32 Å². The van der Waals surface area contributed by atoms with Gasteiger partial charge in [0.1, 0.15) is 5.69 Å². The summed E-state index contributed by atoms with van der Waals surface area (Å²) < 4.78 is 1.71. The van der Waals surface area contributed by atoms with Crippen molar-refractivity contribution in [1.29, 1.82) is 0 Å². The first kappa shape index (κ1) is 13.6. The molecule has 0 bridgehead atoms. The second-order valence-electron chi connectivity index (χ2n) is 4.94. The predicted octanol–water partition coefficient (Wildman–Crippen LogP) is 2.52. The van der Waals surface area contributed by atoms with Gasteiger partial charge in [-0.3, -0.25) is 9.48 Å². The number of aryl methyl sites for hydroxylation is 1. The summed E-state index contributed by atoms with van der Waals surface area (Å²) >= 11 is 6.13. The van der Waals surface area contributed by atoms with Crippen LogP contribution in [0.25, 0.3) is 0 Å². The third kappa shape index (κ3) is 2.19. The minimum Gasteiger partial charge on any atom is -0.316 e. The standard InChI is InChI=1S/C13H20ClN3O/c1-3-5-13(6-7-15-9-13)12(18)11-10(14)8-16-17(11)4-2/h8,15H,3-7,9H2,1-2H3. The molecule has 4 nitrogen and oxygen atoms in total. The fourth-order valence-corrected chi connectivity index (χ4v) is 3.05. The van der Waals surface area contributed by atoms with Crippen LogP contribution in [0.15, 0.2) is 6.20 Å². The normalized spacial score (nSPS) is 23.5. The lowest BCUT2D eigenvalue weighted by Gasteiger charge is -2.26. The zero-order valence-corrected chi connectivity index (χ0v) is 11.8. The molecule has 1 saturated heterocycles. The van der Waals surface area contributed by atoms with Gasteiger partial charge in [-0.2, -0.15) is 5.10 Å². The largest absolute Gasteiger partial charge is 0.316 e. The molecule has 5 heteroatoms. The number of aromatic nitrogens is 2. The van der Waals surface area contributed by atoms with E-state index in [1.807, 2.05) is 6.92 Å². The van der Waals surface area contributed by atoms with Crippen molar-refractivity contribution in [3.05, 3.63) is 16.9 Å². The molecular formula is C13H20ClN3O. The van der Waals surface area contributed by atoms with Gasteiger partial charge in [-0.25, -0.2) is 0 Å². The highest BCUT2D eigenvalue weighted by Crippen LogP contribution is 2.36. The van der Waals surface area contributed by atoms with E-state index in [2.05, 4.69) is 17.3 Å². The summed E-state index contributed by atoms with van der Waals surface area (Å²) in [6.07, 6.45) is 4.38. The maximum Gasteiger partial charge on any atom is 0.189 e. The summed E-state index contributed by atoms with van der Waals surface area (Å²) in [5.41, 5.74) is 0.294. The molecule has 0 aliphatic carbocycles. The lowest BCUT2D eigenvalue weighted by atomic mass is 9.77. The van der Waals surface area contributed by atoms with E-state index in [-0.39, 0.29) is 11.2 Å². The van der Waals surface area contributed by atoms with E-state index in [1.165, 1.54) is 0 Å². The number of halogens is 1. The summed E-state index contributed by atoms with van der Waals surface area (Å²) in [4.78, 5) is 12.8. The molecule has 2 rings (SSSR count). The monoisotopic (exact) mass is 269 g/mol. The van der Waals surface area contributed by atoms with Crippen LogP contribution >= 0.6 is 11.6 Å². The Bertz CT molecular complexity index is 435. The number of rotatable bonds is 5. The van der Waals surface area contributed by atoms with Crippen LogP contribution in [-0.2, 0) is 6.54 Å². The molecule has 1 unspecified atom stereocenters. The average Bonchev–Trinajstić information content (AvgIpc) is 2.96. The molecule has 100 valence electrons. The van der Waals surface area contributed by atoms with Crippen molar-refractivity contribution in [1.82, 2.24) is 15.1 Å². The minimum atomic E-state index is -0.286. The fourth-order valence-electron chi connectivity index (χ4n) is 2.82. The first-order valence-corrected chi connectivity index (χ1v) is 6.99. The molecule has 1 aliphatic rings. The molecule has 0 aromatic carbocycles. The summed E-state index contributed by atoms with van der Waals surface area (Å²) in [6.45, 7) is 6.42. The molecule has 18 heavy (non-hydrogen) atoms. The summed E-state index contributed by atoms with van der Waals surface area (Å²) in [5.74, 6) is 0.152. The molecular weight excluding hydrogens is 250 g/mol. The fraction of sp³-hybridized carbons (Fsp3) is 0.692. The van der Waals surface area contributed by atoms with Crippen molar-refractivity contribution >= 4 is 17.4 Å². The van der Waals surface area contributed by atoms with Crippen LogP contribution in [0.4, 0.5) is 0 Å². The SMILES string of the molecule is CCCC1(C(=O)c2c(Cl)cnn2CC)CCNC1. The Hall–Kier alpha value is -0.870. The topological polar surface area (TPSA) is 46.9 Å². The highest BCUT2D eigenvalue weighted by molar-refractivity contribution is 6.33. The Labute approximate surface area is 113 Å². The number of hydrogen-bond donors (Lipinski definition) is 1. The van der Waals surface area contributed by atoms with Gasteiger partial charge in [-0.15, -0.1) is 0 Å². The number of Topliss-reactive ketones (excluding diaryl/α,β-unsaturated/α-hetero) is 1. The quantitative estimate of drug-likeness (QED) is 0.836. The van der Waals surface area contributed by atoms with Crippen molar-refractivity contribution in [3.63, 3.8) is 0 Å². The van der Waals surface area contributed by atoms with E-state index < -0.39 is 0 Å². The number of hydrogen-bond acceptors (Lipinski definition) is 3. The van der Waals surface area contributed by atoms with Gasteiger partial charge >= 0.3 is 0 Å². The summed E-state index contributed by atoms with van der Waals surface area (Å²) in [6, 6.07) is 0. The first-order chi connectivity index (χ1) is 8.64. The van der Waals surface area contributed by atoms with Gasteiger partial charge in [-0.1, -0.05) is 24.9 Å². The van der Waals surface area contributed by atoms with Gasteiger partial charge in [0.2, 0.25) is 0 Å².